The minimum atomic E-state index is -0.153. The molecule has 2 unspecified atom stereocenters. The summed E-state index contributed by atoms with van der Waals surface area (Å²) in [5.41, 5.74) is 6.75. The lowest BCUT2D eigenvalue weighted by atomic mass is 10.0. The monoisotopic (exact) mass is 264 g/mol. The normalized spacial score (nSPS) is 22.2. The third kappa shape index (κ3) is 2.98. The maximum absolute atomic E-state index is 12.1. The van der Waals surface area contributed by atoms with Crippen LogP contribution in [-0.2, 0) is 0 Å². The number of amides is 1. The molecule has 4 N–H and O–H groups in total. The number of nitrogen functional groups attached to an aromatic ring is 1. The van der Waals surface area contributed by atoms with Gasteiger partial charge < -0.3 is 20.9 Å². The molecule has 2 rings (SSSR count). The second kappa shape index (κ2) is 5.93. The van der Waals surface area contributed by atoms with E-state index < -0.39 is 0 Å². The van der Waals surface area contributed by atoms with Gasteiger partial charge in [-0.2, -0.15) is 0 Å². The summed E-state index contributed by atoms with van der Waals surface area (Å²) in [5.74, 6) is 0.574. The summed E-state index contributed by atoms with van der Waals surface area (Å²) in [6.07, 6.45) is 2.93. The van der Waals surface area contributed by atoms with E-state index in [2.05, 4.69) is 5.32 Å². The zero-order valence-electron chi connectivity index (χ0n) is 11.1. The molecule has 2 atom stereocenters. The molecule has 0 spiro atoms. The van der Waals surface area contributed by atoms with Gasteiger partial charge in [-0.05, 0) is 31.0 Å². The molecule has 0 aliphatic heterocycles. The van der Waals surface area contributed by atoms with Crippen molar-refractivity contribution < 1.29 is 14.6 Å². The Morgan fingerprint density at radius 1 is 1.53 bits per heavy atom. The van der Waals surface area contributed by atoms with Crippen molar-refractivity contribution in [2.45, 2.75) is 25.3 Å². The molecule has 5 nitrogen and oxygen atoms in total. The number of carbonyl (C=O) groups excluding carboxylic acids is 1. The molecular formula is C14H20N2O3. The Balaban J connectivity index is 2.05. The SMILES string of the molecule is COc1ccc(C(=O)NC2CCCC2CO)cc1N. The van der Waals surface area contributed by atoms with Crippen molar-refractivity contribution in [3.05, 3.63) is 23.8 Å². The Bertz CT molecular complexity index is 462. The van der Waals surface area contributed by atoms with Crippen LogP contribution in [0.2, 0.25) is 0 Å². The quantitative estimate of drug-likeness (QED) is 0.713. The lowest BCUT2D eigenvalue weighted by Crippen LogP contribution is -2.38. The minimum Gasteiger partial charge on any atom is -0.495 e. The van der Waals surface area contributed by atoms with E-state index in [0.29, 0.717) is 17.0 Å². The van der Waals surface area contributed by atoms with Crippen molar-refractivity contribution in [2.24, 2.45) is 5.92 Å². The van der Waals surface area contributed by atoms with Crippen LogP contribution in [0.25, 0.3) is 0 Å². The fourth-order valence-electron chi connectivity index (χ4n) is 2.57. The average molecular weight is 264 g/mol. The van der Waals surface area contributed by atoms with Crippen molar-refractivity contribution in [1.82, 2.24) is 5.32 Å². The highest BCUT2D eigenvalue weighted by Crippen LogP contribution is 2.26. The Labute approximate surface area is 112 Å². The number of hydrogen-bond donors (Lipinski definition) is 3. The molecule has 0 aromatic heterocycles. The predicted molar refractivity (Wildman–Crippen MR) is 73.1 cm³/mol. The van der Waals surface area contributed by atoms with Gasteiger partial charge in [-0.3, -0.25) is 4.79 Å². The standard InChI is InChI=1S/C14H20N2O3/c1-19-13-6-5-9(7-11(13)15)14(18)16-12-4-2-3-10(12)8-17/h5-7,10,12,17H,2-4,8,15H2,1H3,(H,16,18). The summed E-state index contributed by atoms with van der Waals surface area (Å²) in [6, 6.07) is 5.04. The molecule has 1 saturated carbocycles. The molecule has 1 fully saturated rings. The van der Waals surface area contributed by atoms with Gasteiger partial charge in [0.1, 0.15) is 5.75 Å². The lowest BCUT2D eigenvalue weighted by molar-refractivity contribution is 0.0916. The lowest BCUT2D eigenvalue weighted by Gasteiger charge is -2.19. The van der Waals surface area contributed by atoms with E-state index in [0.717, 1.165) is 19.3 Å². The predicted octanol–water partition coefficient (Wildman–Crippen LogP) is 1.17. The van der Waals surface area contributed by atoms with Gasteiger partial charge in [0.25, 0.3) is 5.91 Å². The van der Waals surface area contributed by atoms with E-state index >= 15 is 0 Å². The van der Waals surface area contributed by atoms with Gasteiger partial charge in [0.2, 0.25) is 0 Å². The molecule has 0 heterocycles. The summed E-state index contributed by atoms with van der Waals surface area (Å²) >= 11 is 0. The van der Waals surface area contributed by atoms with E-state index in [9.17, 15) is 9.90 Å². The molecule has 1 amide bonds. The number of nitrogens with one attached hydrogen (secondary N) is 1. The van der Waals surface area contributed by atoms with E-state index in [-0.39, 0.29) is 24.5 Å². The van der Waals surface area contributed by atoms with Crippen LogP contribution in [0.4, 0.5) is 5.69 Å². The Hall–Kier alpha value is -1.75. The molecule has 104 valence electrons. The zero-order valence-corrected chi connectivity index (χ0v) is 11.1. The van der Waals surface area contributed by atoms with E-state index in [1.807, 2.05) is 0 Å². The van der Waals surface area contributed by atoms with Gasteiger partial charge in [-0.25, -0.2) is 0 Å². The second-order valence-electron chi connectivity index (χ2n) is 4.91. The molecule has 0 radical (unpaired) electrons. The third-order valence-corrected chi connectivity index (χ3v) is 3.70. The van der Waals surface area contributed by atoms with Crippen LogP contribution >= 0.6 is 0 Å². The fraction of sp³-hybridized carbons (Fsp3) is 0.500. The molecule has 5 heteroatoms. The number of methoxy groups -OCH3 is 1. The van der Waals surface area contributed by atoms with Crippen LogP contribution < -0.4 is 15.8 Å². The van der Waals surface area contributed by atoms with Crippen LogP contribution in [0.15, 0.2) is 18.2 Å². The summed E-state index contributed by atoms with van der Waals surface area (Å²) in [6.45, 7) is 0.121. The number of nitrogens with two attached hydrogens (primary N) is 1. The van der Waals surface area contributed by atoms with Crippen LogP contribution in [0, 0.1) is 5.92 Å². The van der Waals surface area contributed by atoms with Crippen molar-refractivity contribution in [2.75, 3.05) is 19.5 Å². The largest absolute Gasteiger partial charge is 0.495 e. The minimum absolute atomic E-state index is 0.0563. The summed E-state index contributed by atoms with van der Waals surface area (Å²) in [7, 11) is 1.54. The molecule has 0 bridgehead atoms. The number of ether oxygens (including phenoxy) is 1. The van der Waals surface area contributed by atoms with Crippen LogP contribution in [0.5, 0.6) is 5.75 Å². The molecule has 0 saturated heterocycles. The molecule has 1 aromatic carbocycles. The summed E-state index contributed by atoms with van der Waals surface area (Å²) in [5, 5.41) is 12.2. The second-order valence-corrected chi connectivity index (χ2v) is 4.91. The number of carbonyl (C=O) groups is 1. The smallest absolute Gasteiger partial charge is 0.251 e. The van der Waals surface area contributed by atoms with E-state index in [4.69, 9.17) is 10.5 Å². The maximum atomic E-state index is 12.1. The number of aliphatic hydroxyl groups is 1. The number of rotatable bonds is 4. The van der Waals surface area contributed by atoms with Crippen LogP contribution in [-0.4, -0.2) is 30.8 Å². The van der Waals surface area contributed by atoms with Crippen molar-refractivity contribution >= 4 is 11.6 Å². The first-order valence-electron chi connectivity index (χ1n) is 6.51. The Morgan fingerprint density at radius 3 is 2.95 bits per heavy atom. The highest BCUT2D eigenvalue weighted by Gasteiger charge is 2.28. The molecular weight excluding hydrogens is 244 g/mol. The zero-order chi connectivity index (χ0) is 13.8. The third-order valence-electron chi connectivity index (χ3n) is 3.70. The molecule has 1 aliphatic carbocycles. The van der Waals surface area contributed by atoms with E-state index in [1.54, 1.807) is 18.2 Å². The highest BCUT2D eigenvalue weighted by atomic mass is 16.5. The maximum Gasteiger partial charge on any atom is 0.251 e. The van der Waals surface area contributed by atoms with Gasteiger partial charge >= 0.3 is 0 Å². The molecule has 19 heavy (non-hydrogen) atoms. The topological polar surface area (TPSA) is 84.6 Å². The Morgan fingerprint density at radius 2 is 2.32 bits per heavy atom. The summed E-state index contributed by atoms with van der Waals surface area (Å²) < 4.78 is 5.06. The fourth-order valence-corrected chi connectivity index (χ4v) is 2.57. The first-order chi connectivity index (χ1) is 9.15. The van der Waals surface area contributed by atoms with Gasteiger partial charge in [0.05, 0.1) is 12.8 Å². The van der Waals surface area contributed by atoms with E-state index in [1.165, 1.54) is 7.11 Å². The molecule has 1 aliphatic rings. The number of anilines is 1. The van der Waals surface area contributed by atoms with Crippen molar-refractivity contribution in [3.63, 3.8) is 0 Å². The van der Waals surface area contributed by atoms with Gasteiger partial charge in [-0.1, -0.05) is 6.42 Å². The average Bonchev–Trinajstić information content (AvgIpc) is 2.85. The van der Waals surface area contributed by atoms with Gasteiger partial charge in [0, 0.05) is 24.1 Å². The first-order valence-corrected chi connectivity index (χ1v) is 6.51. The number of benzene rings is 1. The number of hydrogen-bond acceptors (Lipinski definition) is 4. The highest BCUT2D eigenvalue weighted by molar-refractivity contribution is 5.95. The molecule has 1 aromatic rings. The first kappa shape index (κ1) is 13.7. The van der Waals surface area contributed by atoms with Crippen LogP contribution in [0.1, 0.15) is 29.6 Å². The Kier molecular flexibility index (Phi) is 4.27. The van der Waals surface area contributed by atoms with Crippen molar-refractivity contribution in [1.29, 1.82) is 0 Å². The van der Waals surface area contributed by atoms with Gasteiger partial charge in [-0.15, -0.1) is 0 Å². The van der Waals surface area contributed by atoms with Crippen molar-refractivity contribution in [3.8, 4) is 5.75 Å². The van der Waals surface area contributed by atoms with Gasteiger partial charge in [0.15, 0.2) is 0 Å². The number of aliphatic hydroxyl groups excluding tert-OH is 1. The van der Waals surface area contributed by atoms with Crippen LogP contribution in [0.3, 0.4) is 0 Å². The summed E-state index contributed by atoms with van der Waals surface area (Å²) in [4.78, 5) is 12.1.